The number of thiazole rings is 1. The largest absolute Gasteiger partial charge is 0.376 e. The van der Waals surface area contributed by atoms with Gasteiger partial charge in [-0.3, -0.25) is 4.79 Å². The lowest BCUT2D eigenvalue weighted by molar-refractivity contribution is -0.0193. The van der Waals surface area contributed by atoms with Crippen LogP contribution in [0.4, 0.5) is 0 Å². The summed E-state index contributed by atoms with van der Waals surface area (Å²) in [6.45, 7) is 2.38. The van der Waals surface area contributed by atoms with E-state index in [-0.39, 0.29) is 24.0 Å². The number of rotatable bonds is 4. The van der Waals surface area contributed by atoms with Crippen LogP contribution in [0.25, 0.3) is 0 Å². The lowest BCUT2D eigenvalue weighted by atomic mass is 9.72. The highest BCUT2D eigenvalue weighted by molar-refractivity contribution is 7.88. The van der Waals surface area contributed by atoms with Gasteiger partial charge in [0.05, 0.1) is 35.6 Å². The van der Waals surface area contributed by atoms with Gasteiger partial charge in [-0.15, -0.1) is 11.3 Å². The molecule has 2 N–H and O–H groups in total. The number of carbonyl (C=O) groups excluding carboxylic acids is 1. The van der Waals surface area contributed by atoms with E-state index in [1.165, 1.54) is 11.3 Å². The fraction of sp³-hybridized carbons (Fsp3) is 0.667. The van der Waals surface area contributed by atoms with Crippen LogP contribution in [0.5, 0.6) is 0 Å². The molecule has 0 spiro atoms. The molecule has 116 valence electrons. The molecule has 2 fully saturated rings. The number of fused-ring (bicyclic) bond motifs is 1. The Labute approximate surface area is 127 Å². The van der Waals surface area contributed by atoms with Crippen LogP contribution in [-0.4, -0.2) is 50.4 Å². The first kappa shape index (κ1) is 14.9. The number of sulfonamides is 1. The predicted molar refractivity (Wildman–Crippen MR) is 77.7 cm³/mol. The Morgan fingerprint density at radius 2 is 2.24 bits per heavy atom. The Kier molecular flexibility index (Phi) is 3.76. The van der Waals surface area contributed by atoms with Crippen molar-refractivity contribution in [2.75, 3.05) is 12.9 Å². The molecule has 2 aliphatic rings. The first-order valence-corrected chi connectivity index (χ1v) is 9.44. The first-order chi connectivity index (χ1) is 9.87. The fourth-order valence-corrected chi connectivity index (χ4v) is 4.51. The van der Waals surface area contributed by atoms with Crippen molar-refractivity contribution in [3.8, 4) is 0 Å². The quantitative estimate of drug-likeness (QED) is 0.802. The molecule has 1 aliphatic heterocycles. The summed E-state index contributed by atoms with van der Waals surface area (Å²) >= 11 is 1.28. The van der Waals surface area contributed by atoms with Crippen LogP contribution in [0.3, 0.4) is 0 Å². The molecule has 3 rings (SSSR count). The number of hydrogen-bond donors (Lipinski definition) is 2. The highest BCUT2D eigenvalue weighted by Gasteiger charge is 2.55. The Balaban J connectivity index is 1.74. The lowest BCUT2D eigenvalue weighted by Crippen LogP contribution is -2.70. The molecule has 1 aliphatic carbocycles. The average Bonchev–Trinajstić information content (AvgIpc) is 2.99. The van der Waals surface area contributed by atoms with Crippen molar-refractivity contribution in [2.24, 2.45) is 5.92 Å². The van der Waals surface area contributed by atoms with Crippen LogP contribution in [0.1, 0.15) is 21.8 Å². The van der Waals surface area contributed by atoms with E-state index in [1.807, 2.05) is 0 Å². The minimum atomic E-state index is -3.34. The SMILES string of the molecule is Cc1ncsc1C(=O)N[C@H]1[C@H]2CCO[C@H]2[C@@H]1NS(C)(=O)=O. The normalized spacial score (nSPS) is 31.5. The number of nitrogens with zero attached hydrogens (tertiary/aromatic N) is 1. The van der Waals surface area contributed by atoms with E-state index in [4.69, 9.17) is 4.74 Å². The van der Waals surface area contributed by atoms with Gasteiger partial charge in [-0.05, 0) is 13.3 Å². The second-order valence-electron chi connectivity index (χ2n) is 5.47. The zero-order valence-corrected chi connectivity index (χ0v) is 13.3. The van der Waals surface area contributed by atoms with Crippen molar-refractivity contribution in [2.45, 2.75) is 31.5 Å². The molecule has 9 heteroatoms. The monoisotopic (exact) mass is 331 g/mol. The standard InChI is InChI=1S/C12H17N3O4S2/c1-6-11(20-5-13-6)12(16)14-8-7-3-4-19-10(7)9(8)15-21(2,17)18/h5,7-10,15H,3-4H2,1-2H3,(H,14,16)/t7-,8+,9-,10-/m1/s1. The minimum Gasteiger partial charge on any atom is -0.376 e. The van der Waals surface area contributed by atoms with Gasteiger partial charge in [0.15, 0.2) is 0 Å². The minimum absolute atomic E-state index is 0.146. The van der Waals surface area contributed by atoms with Crippen LogP contribution >= 0.6 is 11.3 Å². The number of aromatic nitrogens is 1. The molecule has 1 amide bonds. The summed E-state index contributed by atoms with van der Waals surface area (Å²) in [5.74, 6) is -0.0351. The van der Waals surface area contributed by atoms with E-state index < -0.39 is 16.1 Å². The summed E-state index contributed by atoms with van der Waals surface area (Å²) in [4.78, 5) is 16.9. The Morgan fingerprint density at radius 3 is 2.86 bits per heavy atom. The van der Waals surface area contributed by atoms with Gasteiger partial charge >= 0.3 is 0 Å². The van der Waals surface area contributed by atoms with Crippen molar-refractivity contribution >= 4 is 27.3 Å². The fourth-order valence-electron chi connectivity index (χ4n) is 3.03. The van der Waals surface area contributed by atoms with Crippen molar-refractivity contribution < 1.29 is 17.9 Å². The summed E-state index contributed by atoms with van der Waals surface area (Å²) < 4.78 is 31.0. The molecule has 0 radical (unpaired) electrons. The highest BCUT2D eigenvalue weighted by Crippen LogP contribution is 2.39. The first-order valence-electron chi connectivity index (χ1n) is 6.66. The van der Waals surface area contributed by atoms with Crippen LogP contribution in [0.15, 0.2) is 5.51 Å². The highest BCUT2D eigenvalue weighted by atomic mass is 32.2. The van der Waals surface area contributed by atoms with Gasteiger partial charge in [0.1, 0.15) is 4.88 Å². The molecule has 21 heavy (non-hydrogen) atoms. The van der Waals surface area contributed by atoms with Gasteiger partial charge in [-0.2, -0.15) is 0 Å². The van der Waals surface area contributed by atoms with Crippen LogP contribution in [0.2, 0.25) is 0 Å². The molecule has 0 bridgehead atoms. The summed E-state index contributed by atoms with van der Waals surface area (Å²) in [6.07, 6.45) is 1.80. The molecule has 1 saturated heterocycles. The zero-order valence-electron chi connectivity index (χ0n) is 11.7. The molecule has 1 saturated carbocycles. The topological polar surface area (TPSA) is 97.4 Å². The summed E-state index contributed by atoms with van der Waals surface area (Å²) in [7, 11) is -3.34. The van der Waals surface area contributed by atoms with Crippen LogP contribution < -0.4 is 10.0 Å². The Hall–Kier alpha value is -1.03. The number of nitrogens with one attached hydrogen (secondary N) is 2. The maximum Gasteiger partial charge on any atom is 0.263 e. The van der Waals surface area contributed by atoms with Crippen LogP contribution in [-0.2, 0) is 14.8 Å². The lowest BCUT2D eigenvalue weighted by Gasteiger charge is -2.47. The van der Waals surface area contributed by atoms with Crippen molar-refractivity contribution in [1.82, 2.24) is 15.0 Å². The van der Waals surface area contributed by atoms with Crippen molar-refractivity contribution in [1.29, 1.82) is 0 Å². The summed E-state index contributed by atoms with van der Waals surface area (Å²) in [6, 6.07) is -0.633. The van der Waals surface area contributed by atoms with Gasteiger partial charge in [0.25, 0.3) is 5.91 Å². The summed E-state index contributed by atoms with van der Waals surface area (Å²) in [5, 5.41) is 2.93. The molecule has 2 heterocycles. The number of ether oxygens (including phenoxy) is 1. The Morgan fingerprint density at radius 1 is 1.48 bits per heavy atom. The zero-order chi connectivity index (χ0) is 15.2. The number of aryl methyl sites for hydroxylation is 1. The molecule has 0 aromatic carbocycles. The molecule has 4 atom stereocenters. The van der Waals surface area contributed by atoms with E-state index >= 15 is 0 Å². The maximum absolute atomic E-state index is 12.3. The molecule has 1 aromatic rings. The molecule has 0 unspecified atom stereocenters. The van der Waals surface area contributed by atoms with Crippen molar-refractivity contribution in [3.05, 3.63) is 16.1 Å². The second kappa shape index (κ2) is 5.31. The van der Waals surface area contributed by atoms with E-state index in [2.05, 4.69) is 15.0 Å². The molecular formula is C12H17N3O4S2. The second-order valence-corrected chi connectivity index (χ2v) is 8.10. The van der Waals surface area contributed by atoms with Gasteiger partial charge in [0.2, 0.25) is 10.0 Å². The number of hydrogen-bond acceptors (Lipinski definition) is 6. The van der Waals surface area contributed by atoms with E-state index in [0.717, 1.165) is 12.7 Å². The third-order valence-electron chi connectivity index (χ3n) is 3.99. The molecule has 7 nitrogen and oxygen atoms in total. The van der Waals surface area contributed by atoms with E-state index in [9.17, 15) is 13.2 Å². The Bertz CT molecular complexity index is 657. The number of carbonyl (C=O) groups is 1. The average molecular weight is 331 g/mol. The molecular weight excluding hydrogens is 314 g/mol. The third-order valence-corrected chi connectivity index (χ3v) is 5.61. The predicted octanol–water partition coefficient (Wildman–Crippen LogP) is -0.114. The maximum atomic E-state index is 12.3. The van der Waals surface area contributed by atoms with Gasteiger partial charge in [-0.1, -0.05) is 0 Å². The van der Waals surface area contributed by atoms with E-state index in [1.54, 1.807) is 12.4 Å². The van der Waals surface area contributed by atoms with E-state index in [0.29, 0.717) is 17.2 Å². The van der Waals surface area contributed by atoms with Crippen molar-refractivity contribution in [3.63, 3.8) is 0 Å². The van der Waals surface area contributed by atoms with Gasteiger partial charge < -0.3 is 10.1 Å². The number of amides is 1. The molecule has 1 aromatic heterocycles. The van der Waals surface area contributed by atoms with Gasteiger partial charge in [-0.25, -0.2) is 18.1 Å². The summed E-state index contributed by atoms with van der Waals surface area (Å²) in [5.41, 5.74) is 2.31. The van der Waals surface area contributed by atoms with Gasteiger partial charge in [0, 0.05) is 12.5 Å². The van der Waals surface area contributed by atoms with Crippen LogP contribution in [0, 0.1) is 12.8 Å². The third kappa shape index (κ3) is 2.83. The smallest absolute Gasteiger partial charge is 0.263 e.